The summed E-state index contributed by atoms with van der Waals surface area (Å²) in [6.07, 6.45) is 2.23. The maximum absolute atomic E-state index is 12.1. The van der Waals surface area contributed by atoms with E-state index in [4.69, 9.17) is 19.2 Å². The summed E-state index contributed by atoms with van der Waals surface area (Å²) in [6.45, 7) is 6.17. The minimum Gasteiger partial charge on any atom is -0.432 e. The summed E-state index contributed by atoms with van der Waals surface area (Å²) in [5, 5.41) is 0. The SMILES string of the molecule is C[C@@H]1CCC2[C@@H](C)C(=O)O[C@@H]3O[C@@H](C)[C@H]4C[C@@H]1[C@@]23OO4. The summed E-state index contributed by atoms with van der Waals surface area (Å²) in [5.74, 6) is 0.684. The van der Waals surface area contributed by atoms with Crippen LogP contribution in [0.4, 0.5) is 0 Å². The second kappa shape index (κ2) is 4.18. The number of esters is 1. The Morgan fingerprint density at radius 1 is 1.15 bits per heavy atom. The smallest absolute Gasteiger partial charge is 0.311 e. The van der Waals surface area contributed by atoms with Gasteiger partial charge in [0.2, 0.25) is 6.29 Å². The van der Waals surface area contributed by atoms with Crippen LogP contribution in [0.5, 0.6) is 0 Å². The average Bonchev–Trinajstić information content (AvgIpc) is 2.63. The number of hydrogen-bond donors (Lipinski definition) is 0. The van der Waals surface area contributed by atoms with Crippen LogP contribution in [0.1, 0.15) is 40.0 Å². The standard InChI is InChI=1S/C15H22O5/c1-7-4-5-10-8(2)13(16)18-14-15(10)11(7)6-12(19-20-15)9(3)17-14/h7-12,14H,4-6H2,1-3H3/t7-,8-,9+,10?,11+,12-,14+,15+/m1/s1. The molecule has 4 saturated heterocycles. The Labute approximate surface area is 118 Å². The summed E-state index contributed by atoms with van der Waals surface area (Å²) >= 11 is 0. The van der Waals surface area contributed by atoms with Gasteiger partial charge >= 0.3 is 5.97 Å². The lowest BCUT2D eigenvalue weighted by Gasteiger charge is -2.56. The highest BCUT2D eigenvalue weighted by atomic mass is 17.2. The first kappa shape index (κ1) is 13.0. The van der Waals surface area contributed by atoms with Crippen molar-refractivity contribution in [2.24, 2.45) is 23.7 Å². The Kier molecular flexibility index (Phi) is 2.73. The van der Waals surface area contributed by atoms with E-state index in [1.165, 1.54) is 0 Å². The van der Waals surface area contributed by atoms with Crippen LogP contribution in [0.3, 0.4) is 0 Å². The Hall–Kier alpha value is -0.650. The van der Waals surface area contributed by atoms with Crippen LogP contribution in [-0.4, -0.2) is 30.1 Å². The molecule has 5 fully saturated rings. The molecule has 1 saturated carbocycles. The fraction of sp³-hybridized carbons (Fsp3) is 0.933. The van der Waals surface area contributed by atoms with Gasteiger partial charge in [-0.2, -0.15) is 0 Å². The van der Waals surface area contributed by atoms with E-state index >= 15 is 0 Å². The lowest BCUT2D eigenvalue weighted by atomic mass is 9.58. The van der Waals surface area contributed by atoms with Crippen LogP contribution in [0.2, 0.25) is 0 Å². The quantitative estimate of drug-likeness (QED) is 0.503. The molecule has 5 nitrogen and oxygen atoms in total. The molecular weight excluding hydrogens is 260 g/mol. The van der Waals surface area contributed by atoms with E-state index in [0.717, 1.165) is 19.3 Å². The molecule has 4 heterocycles. The minimum absolute atomic E-state index is 0.0635. The van der Waals surface area contributed by atoms with Crippen LogP contribution in [0, 0.1) is 23.7 Å². The van der Waals surface area contributed by atoms with Gasteiger partial charge in [0.05, 0.1) is 12.0 Å². The first-order valence-corrected chi connectivity index (χ1v) is 7.74. The summed E-state index contributed by atoms with van der Waals surface area (Å²) in [5.41, 5.74) is -0.605. The highest BCUT2D eigenvalue weighted by molar-refractivity contribution is 5.74. The van der Waals surface area contributed by atoms with Gasteiger partial charge in [0, 0.05) is 11.8 Å². The molecular formula is C15H22O5. The number of carbonyl (C=O) groups excluding carboxylic acids is 1. The van der Waals surface area contributed by atoms with E-state index in [2.05, 4.69) is 6.92 Å². The van der Waals surface area contributed by atoms with Crippen molar-refractivity contribution < 1.29 is 24.0 Å². The fourth-order valence-corrected chi connectivity index (χ4v) is 4.75. The van der Waals surface area contributed by atoms with E-state index in [1.807, 2.05) is 13.8 Å². The molecule has 0 N–H and O–H groups in total. The van der Waals surface area contributed by atoms with Gasteiger partial charge in [-0.15, -0.1) is 0 Å². The lowest BCUT2D eigenvalue weighted by molar-refractivity contribution is -0.459. The summed E-state index contributed by atoms with van der Waals surface area (Å²) in [4.78, 5) is 23.7. The number of hydrogen-bond acceptors (Lipinski definition) is 5. The number of ether oxygens (including phenoxy) is 2. The van der Waals surface area contributed by atoms with E-state index in [-0.39, 0.29) is 30.0 Å². The minimum atomic E-state index is -0.619. The van der Waals surface area contributed by atoms with Gasteiger partial charge in [-0.1, -0.05) is 13.8 Å². The molecule has 5 heteroatoms. The maximum Gasteiger partial charge on any atom is 0.311 e. The molecule has 5 rings (SSSR count). The maximum atomic E-state index is 12.1. The molecule has 4 aliphatic heterocycles. The average molecular weight is 282 g/mol. The Morgan fingerprint density at radius 2 is 1.95 bits per heavy atom. The first-order valence-electron chi connectivity index (χ1n) is 7.74. The van der Waals surface area contributed by atoms with Crippen LogP contribution >= 0.6 is 0 Å². The third-order valence-corrected chi connectivity index (χ3v) is 6.01. The molecule has 1 spiro atoms. The summed E-state index contributed by atoms with van der Waals surface area (Å²) in [7, 11) is 0. The molecule has 5 aliphatic rings. The topological polar surface area (TPSA) is 54.0 Å². The van der Waals surface area contributed by atoms with Gasteiger partial charge in [0.15, 0.2) is 5.60 Å². The van der Waals surface area contributed by atoms with E-state index in [0.29, 0.717) is 11.8 Å². The number of carbonyl (C=O) groups is 1. The van der Waals surface area contributed by atoms with Gasteiger partial charge in [-0.3, -0.25) is 4.79 Å². The molecule has 1 aliphatic carbocycles. The third kappa shape index (κ3) is 1.46. The van der Waals surface area contributed by atoms with Crippen LogP contribution in [-0.2, 0) is 24.0 Å². The van der Waals surface area contributed by atoms with Gasteiger partial charge in [0.1, 0.15) is 6.10 Å². The van der Waals surface area contributed by atoms with Crippen LogP contribution in [0.15, 0.2) is 0 Å². The molecule has 0 radical (unpaired) electrons. The van der Waals surface area contributed by atoms with Crippen molar-refractivity contribution in [3.63, 3.8) is 0 Å². The van der Waals surface area contributed by atoms with Crippen molar-refractivity contribution in [3.05, 3.63) is 0 Å². The molecule has 2 bridgehead atoms. The molecule has 0 aromatic carbocycles. The second-order valence-electron chi connectivity index (χ2n) is 6.97. The van der Waals surface area contributed by atoms with Crippen molar-refractivity contribution in [3.8, 4) is 0 Å². The van der Waals surface area contributed by atoms with Crippen molar-refractivity contribution >= 4 is 5.97 Å². The lowest BCUT2D eigenvalue weighted by Crippen LogP contribution is -2.67. The molecule has 0 aromatic rings. The zero-order valence-corrected chi connectivity index (χ0v) is 12.2. The monoisotopic (exact) mass is 282 g/mol. The zero-order valence-electron chi connectivity index (χ0n) is 12.2. The summed E-state index contributed by atoms with van der Waals surface area (Å²) in [6, 6.07) is 0. The number of rotatable bonds is 0. The van der Waals surface area contributed by atoms with Gasteiger partial charge in [-0.05, 0) is 32.1 Å². The Morgan fingerprint density at radius 3 is 2.75 bits per heavy atom. The van der Waals surface area contributed by atoms with Crippen molar-refractivity contribution in [2.75, 3.05) is 0 Å². The Balaban J connectivity index is 1.83. The van der Waals surface area contributed by atoms with Crippen LogP contribution < -0.4 is 0 Å². The predicted molar refractivity (Wildman–Crippen MR) is 68.3 cm³/mol. The number of fused-ring (bicyclic) bond motifs is 2. The van der Waals surface area contributed by atoms with Crippen molar-refractivity contribution in [1.29, 1.82) is 0 Å². The van der Waals surface area contributed by atoms with Gasteiger partial charge in [-0.25, -0.2) is 9.78 Å². The largest absolute Gasteiger partial charge is 0.432 e. The second-order valence-corrected chi connectivity index (χ2v) is 6.97. The fourth-order valence-electron chi connectivity index (χ4n) is 4.75. The van der Waals surface area contributed by atoms with Crippen molar-refractivity contribution in [2.45, 2.75) is 64.1 Å². The molecule has 20 heavy (non-hydrogen) atoms. The van der Waals surface area contributed by atoms with Gasteiger partial charge < -0.3 is 9.47 Å². The highest BCUT2D eigenvalue weighted by Crippen LogP contribution is 2.58. The zero-order chi connectivity index (χ0) is 14.1. The van der Waals surface area contributed by atoms with Crippen molar-refractivity contribution in [1.82, 2.24) is 0 Å². The molecule has 0 amide bonds. The molecule has 0 aromatic heterocycles. The summed E-state index contributed by atoms with van der Waals surface area (Å²) < 4.78 is 11.6. The van der Waals surface area contributed by atoms with Crippen LogP contribution in [0.25, 0.3) is 0 Å². The van der Waals surface area contributed by atoms with Gasteiger partial charge in [0.25, 0.3) is 0 Å². The highest BCUT2D eigenvalue weighted by Gasteiger charge is 2.69. The normalized spacial score (nSPS) is 57.8. The predicted octanol–water partition coefficient (Wildman–Crippen LogP) is 2.05. The first-order chi connectivity index (χ1) is 9.54. The van der Waals surface area contributed by atoms with E-state index < -0.39 is 11.9 Å². The van der Waals surface area contributed by atoms with E-state index in [1.54, 1.807) is 0 Å². The van der Waals surface area contributed by atoms with E-state index in [9.17, 15) is 4.79 Å². The molecule has 112 valence electrons. The third-order valence-electron chi connectivity index (χ3n) is 6.01. The molecule has 1 unspecified atom stereocenters. The Bertz CT molecular complexity index is 438. The molecule has 8 atom stereocenters.